The zero-order valence-corrected chi connectivity index (χ0v) is 13.7. The first-order valence-electron chi connectivity index (χ1n) is 5.68. The van der Waals surface area contributed by atoms with E-state index in [1.165, 1.54) is 25.0 Å². The van der Waals surface area contributed by atoms with Crippen molar-refractivity contribution in [3.8, 4) is 5.75 Å². The van der Waals surface area contributed by atoms with Crippen molar-refractivity contribution in [3.05, 3.63) is 29.3 Å². The van der Waals surface area contributed by atoms with Crippen molar-refractivity contribution in [1.82, 2.24) is 0 Å². The van der Waals surface area contributed by atoms with Crippen molar-refractivity contribution >= 4 is 5.97 Å². The van der Waals surface area contributed by atoms with E-state index in [-0.39, 0.29) is 56.9 Å². The van der Waals surface area contributed by atoms with Crippen LogP contribution >= 0.6 is 0 Å². The van der Waals surface area contributed by atoms with Crippen LogP contribution in [0.5, 0.6) is 5.75 Å². The van der Waals surface area contributed by atoms with Crippen LogP contribution in [0.25, 0.3) is 0 Å². The van der Waals surface area contributed by atoms with E-state index in [9.17, 15) is 9.90 Å². The molecule has 0 aliphatic rings. The Morgan fingerprint density at radius 1 is 1.29 bits per heavy atom. The molecule has 3 nitrogen and oxygen atoms in total. The van der Waals surface area contributed by atoms with Crippen LogP contribution in [0.15, 0.2) is 18.2 Å². The van der Waals surface area contributed by atoms with Gasteiger partial charge in [0.2, 0.25) is 0 Å². The van der Waals surface area contributed by atoms with E-state index < -0.39 is 11.7 Å². The Morgan fingerprint density at radius 2 is 2.00 bits per heavy atom. The number of hydrogen-bond donors (Lipinski definition) is 1. The van der Waals surface area contributed by atoms with Gasteiger partial charge in [-0.05, 0) is 24.5 Å². The van der Waals surface area contributed by atoms with Crippen LogP contribution in [0.3, 0.4) is 0 Å². The molecule has 0 saturated carbocycles. The quantitative estimate of drug-likeness (QED) is 0.558. The third-order valence-electron chi connectivity index (χ3n) is 2.59. The first-order chi connectivity index (χ1) is 7.65. The van der Waals surface area contributed by atoms with Gasteiger partial charge in [-0.2, -0.15) is 0 Å². The SMILES string of the molecule is CCCCCCc1ccc([O-])c(C(=O)O)c1.[K+]. The number of aryl methyl sites for hydroxylation is 1. The molecule has 0 fully saturated rings. The monoisotopic (exact) mass is 260 g/mol. The minimum Gasteiger partial charge on any atom is -0.872 e. The van der Waals surface area contributed by atoms with Gasteiger partial charge in [0.25, 0.3) is 0 Å². The zero-order chi connectivity index (χ0) is 12.0. The Morgan fingerprint density at radius 3 is 2.59 bits per heavy atom. The molecule has 1 rings (SSSR count). The van der Waals surface area contributed by atoms with Gasteiger partial charge in [-0.25, -0.2) is 4.79 Å². The second-order valence-corrected chi connectivity index (χ2v) is 3.95. The average molecular weight is 260 g/mol. The topological polar surface area (TPSA) is 60.4 Å². The largest absolute Gasteiger partial charge is 1.00 e. The molecule has 0 unspecified atom stereocenters. The molecule has 0 saturated heterocycles. The van der Waals surface area contributed by atoms with Gasteiger partial charge in [0.1, 0.15) is 0 Å². The molecule has 0 aromatic heterocycles. The Labute approximate surface area is 145 Å². The van der Waals surface area contributed by atoms with Crippen LogP contribution < -0.4 is 56.5 Å². The molecule has 0 heterocycles. The zero-order valence-electron chi connectivity index (χ0n) is 10.5. The molecular weight excluding hydrogens is 243 g/mol. The average Bonchev–Trinajstić information content (AvgIpc) is 2.26. The second kappa shape index (κ2) is 9.11. The summed E-state index contributed by atoms with van der Waals surface area (Å²) in [6, 6.07) is 4.57. The number of carboxylic acid groups (broad SMARTS) is 1. The number of hydrogen-bond acceptors (Lipinski definition) is 2. The fraction of sp³-hybridized carbons (Fsp3) is 0.462. The fourth-order valence-electron chi connectivity index (χ4n) is 1.66. The van der Waals surface area contributed by atoms with Gasteiger partial charge in [-0.1, -0.05) is 44.1 Å². The molecule has 0 radical (unpaired) electrons. The molecule has 0 amide bonds. The molecule has 1 N–H and O–H groups in total. The van der Waals surface area contributed by atoms with Crippen molar-refractivity contribution in [3.63, 3.8) is 0 Å². The predicted molar refractivity (Wildman–Crippen MR) is 60.7 cm³/mol. The number of carbonyl (C=O) groups is 1. The van der Waals surface area contributed by atoms with E-state index in [2.05, 4.69) is 6.92 Å². The first kappa shape index (κ1) is 17.1. The van der Waals surface area contributed by atoms with Gasteiger partial charge in [-0.15, -0.1) is 0 Å². The minimum absolute atomic E-state index is 0. The number of unbranched alkanes of at least 4 members (excludes halogenated alkanes) is 3. The smallest absolute Gasteiger partial charge is 0.872 e. The third-order valence-corrected chi connectivity index (χ3v) is 2.59. The van der Waals surface area contributed by atoms with E-state index in [1.54, 1.807) is 6.07 Å². The summed E-state index contributed by atoms with van der Waals surface area (Å²) in [6.45, 7) is 2.15. The van der Waals surface area contributed by atoms with E-state index >= 15 is 0 Å². The van der Waals surface area contributed by atoms with Crippen LogP contribution in [0.4, 0.5) is 0 Å². The number of rotatable bonds is 6. The van der Waals surface area contributed by atoms with Crippen molar-refractivity contribution in [2.75, 3.05) is 0 Å². The van der Waals surface area contributed by atoms with Gasteiger partial charge < -0.3 is 10.2 Å². The van der Waals surface area contributed by atoms with Crippen LogP contribution in [-0.4, -0.2) is 11.1 Å². The first-order valence-corrected chi connectivity index (χ1v) is 5.68. The summed E-state index contributed by atoms with van der Waals surface area (Å²) in [6.07, 6.45) is 5.43. The Balaban J connectivity index is 0.00000256. The summed E-state index contributed by atoms with van der Waals surface area (Å²) in [5.41, 5.74) is 0.820. The molecule has 0 aliphatic heterocycles. The normalized spacial score (nSPS) is 9.71. The Kier molecular flexibility index (Phi) is 9.18. The summed E-state index contributed by atoms with van der Waals surface area (Å²) >= 11 is 0. The minimum atomic E-state index is -1.14. The summed E-state index contributed by atoms with van der Waals surface area (Å²) in [4.78, 5) is 10.8. The van der Waals surface area contributed by atoms with Crippen molar-refractivity contribution in [2.24, 2.45) is 0 Å². The van der Waals surface area contributed by atoms with Crippen LogP contribution in [-0.2, 0) is 6.42 Å². The summed E-state index contributed by atoms with van der Waals surface area (Å²) < 4.78 is 0. The van der Waals surface area contributed by atoms with Crippen LogP contribution in [0.1, 0.15) is 48.5 Å². The van der Waals surface area contributed by atoms with Gasteiger partial charge in [0.05, 0.1) is 5.56 Å². The number of aromatic carboxylic acids is 1. The molecule has 0 aliphatic carbocycles. The van der Waals surface area contributed by atoms with E-state index in [4.69, 9.17) is 5.11 Å². The number of benzene rings is 1. The maximum atomic E-state index is 11.2. The van der Waals surface area contributed by atoms with Crippen LogP contribution in [0.2, 0.25) is 0 Å². The molecule has 4 heteroatoms. The molecule has 17 heavy (non-hydrogen) atoms. The summed E-state index contributed by atoms with van der Waals surface area (Å²) in [5, 5.41) is 20.0. The molecule has 0 atom stereocenters. The maximum absolute atomic E-state index is 11.2. The van der Waals surface area contributed by atoms with E-state index in [0.717, 1.165) is 24.8 Å². The number of carboxylic acids is 1. The van der Waals surface area contributed by atoms with E-state index in [0.29, 0.717) is 0 Å². The molecule has 1 aromatic carbocycles. The Hall–Kier alpha value is 0.126. The van der Waals surface area contributed by atoms with Gasteiger partial charge in [0, 0.05) is 0 Å². The molecule has 0 bridgehead atoms. The van der Waals surface area contributed by atoms with Crippen molar-refractivity contribution in [1.29, 1.82) is 0 Å². The maximum Gasteiger partial charge on any atom is 1.00 e. The molecular formula is C13H17KO3. The molecule has 1 aromatic rings. The molecule has 88 valence electrons. The third kappa shape index (κ3) is 6.02. The van der Waals surface area contributed by atoms with Crippen molar-refractivity contribution in [2.45, 2.75) is 39.0 Å². The van der Waals surface area contributed by atoms with Gasteiger partial charge >= 0.3 is 57.4 Å². The fourth-order valence-corrected chi connectivity index (χ4v) is 1.66. The summed E-state index contributed by atoms with van der Waals surface area (Å²) in [7, 11) is 0. The van der Waals surface area contributed by atoms with Gasteiger partial charge in [-0.3, -0.25) is 0 Å². The van der Waals surface area contributed by atoms with Crippen LogP contribution in [0, 0.1) is 0 Å². The second-order valence-electron chi connectivity index (χ2n) is 3.95. The van der Waals surface area contributed by atoms with Gasteiger partial charge in [0.15, 0.2) is 0 Å². The Bertz CT molecular complexity index is 364. The summed E-state index contributed by atoms with van der Waals surface area (Å²) in [5.74, 6) is -1.55. The predicted octanol–water partition coefficient (Wildman–Crippen LogP) is -0.415. The van der Waals surface area contributed by atoms with E-state index in [1.807, 2.05) is 0 Å². The van der Waals surface area contributed by atoms with Crippen molar-refractivity contribution < 1.29 is 66.4 Å². The standard InChI is InChI=1S/C13H18O3.K/c1-2-3-4-5-6-10-7-8-12(14)11(9-10)13(15)16;/h7-9,14H,2-6H2,1H3,(H,15,16);/q;+1/p-1. The molecule has 0 spiro atoms.